The van der Waals surface area contributed by atoms with Gasteiger partial charge in [-0.1, -0.05) is 6.07 Å². The summed E-state index contributed by atoms with van der Waals surface area (Å²) in [5, 5.41) is 19.5. The molecule has 32 heavy (non-hydrogen) atoms. The lowest BCUT2D eigenvalue weighted by Gasteiger charge is -2.08. The van der Waals surface area contributed by atoms with Crippen molar-refractivity contribution < 1.29 is 18.3 Å². The van der Waals surface area contributed by atoms with Gasteiger partial charge >= 0.3 is 0 Å². The third kappa shape index (κ3) is 4.57. The lowest BCUT2D eigenvalue weighted by atomic mass is 10.1. The molecule has 2 aromatic carbocycles. The van der Waals surface area contributed by atoms with Gasteiger partial charge in [-0.15, -0.1) is 0 Å². The van der Waals surface area contributed by atoms with Crippen molar-refractivity contribution in [2.24, 2.45) is 0 Å². The van der Waals surface area contributed by atoms with Crippen LogP contribution in [0.4, 0.5) is 11.6 Å². The number of nitrogens with one attached hydrogen (secondary N) is 3. The summed E-state index contributed by atoms with van der Waals surface area (Å²) in [7, 11) is -3.87. The molecule has 0 aliphatic heterocycles. The van der Waals surface area contributed by atoms with E-state index in [1.165, 1.54) is 42.7 Å². The Morgan fingerprint density at radius 3 is 2.44 bits per heavy atom. The van der Waals surface area contributed by atoms with Crippen LogP contribution in [-0.2, 0) is 10.0 Å². The molecular weight excluding hydrogens is 432 g/mol. The average molecular weight is 450 g/mol. The number of nitrogens with zero attached hydrogens (tertiary/aromatic N) is 3. The zero-order valence-electron chi connectivity index (χ0n) is 16.8. The smallest absolute Gasteiger partial charge is 0.273 e. The number of phenolic OH excluding ortho intramolecular Hbond substituents is 1. The number of aromatic amines is 1. The molecule has 0 aliphatic carbocycles. The van der Waals surface area contributed by atoms with Crippen LogP contribution in [0.15, 0.2) is 71.9 Å². The Morgan fingerprint density at radius 1 is 1.03 bits per heavy atom. The number of anilines is 2. The summed E-state index contributed by atoms with van der Waals surface area (Å²) in [5.74, 6) is -0.448. The number of sulfonamides is 1. The summed E-state index contributed by atoms with van der Waals surface area (Å²) in [6.07, 6.45) is 2.84. The first kappa shape index (κ1) is 21.0. The van der Waals surface area contributed by atoms with Crippen molar-refractivity contribution in [3.05, 3.63) is 78.2 Å². The number of carbonyl (C=O) groups is 1. The molecule has 0 saturated carbocycles. The van der Waals surface area contributed by atoms with E-state index in [0.717, 1.165) is 5.56 Å². The molecular formula is C21H18N6O4S. The van der Waals surface area contributed by atoms with E-state index in [1.807, 2.05) is 13.0 Å². The highest BCUT2D eigenvalue weighted by molar-refractivity contribution is 7.92. The predicted octanol–water partition coefficient (Wildman–Crippen LogP) is 2.93. The van der Waals surface area contributed by atoms with Gasteiger partial charge in [0.25, 0.3) is 15.9 Å². The van der Waals surface area contributed by atoms with Crippen molar-refractivity contribution in [3.63, 3.8) is 0 Å². The molecule has 11 heteroatoms. The number of hydrogen-bond acceptors (Lipinski definition) is 7. The van der Waals surface area contributed by atoms with Crippen LogP contribution in [0.1, 0.15) is 16.1 Å². The molecule has 0 radical (unpaired) electrons. The first-order valence-corrected chi connectivity index (χ1v) is 10.9. The van der Waals surface area contributed by atoms with E-state index in [0.29, 0.717) is 16.9 Å². The van der Waals surface area contributed by atoms with Crippen molar-refractivity contribution in [3.8, 4) is 17.0 Å². The fraction of sp³-hybridized carbons (Fsp3) is 0.0476. The van der Waals surface area contributed by atoms with Gasteiger partial charge in [0.2, 0.25) is 5.95 Å². The van der Waals surface area contributed by atoms with E-state index >= 15 is 0 Å². The second-order valence-electron chi connectivity index (χ2n) is 6.84. The Morgan fingerprint density at radius 2 is 1.75 bits per heavy atom. The zero-order chi connectivity index (χ0) is 22.7. The van der Waals surface area contributed by atoms with Gasteiger partial charge < -0.3 is 10.4 Å². The molecule has 162 valence electrons. The lowest BCUT2D eigenvalue weighted by Crippen LogP contribution is -2.15. The number of benzene rings is 2. The minimum absolute atomic E-state index is 0.0124. The van der Waals surface area contributed by atoms with Crippen LogP contribution in [0, 0.1) is 6.92 Å². The van der Waals surface area contributed by atoms with E-state index < -0.39 is 15.9 Å². The summed E-state index contributed by atoms with van der Waals surface area (Å²) < 4.78 is 27.1. The highest BCUT2D eigenvalue weighted by Gasteiger charge is 2.17. The van der Waals surface area contributed by atoms with Crippen molar-refractivity contribution in [2.45, 2.75) is 11.8 Å². The van der Waals surface area contributed by atoms with Gasteiger partial charge in [-0.25, -0.2) is 23.1 Å². The number of hydrogen-bond donors (Lipinski definition) is 4. The molecule has 4 N–H and O–H groups in total. The molecule has 0 unspecified atom stereocenters. The number of amides is 1. The van der Waals surface area contributed by atoms with Gasteiger partial charge in [0.05, 0.1) is 10.6 Å². The van der Waals surface area contributed by atoms with Crippen molar-refractivity contribution in [1.82, 2.24) is 20.2 Å². The number of aromatic nitrogens is 4. The summed E-state index contributed by atoms with van der Waals surface area (Å²) >= 11 is 0. The summed E-state index contributed by atoms with van der Waals surface area (Å²) in [5.41, 5.74) is 2.38. The van der Waals surface area contributed by atoms with Crippen LogP contribution in [-0.4, -0.2) is 39.6 Å². The number of phenols is 1. The van der Waals surface area contributed by atoms with Crippen LogP contribution in [0.2, 0.25) is 0 Å². The molecule has 2 aromatic heterocycles. The van der Waals surface area contributed by atoms with Crippen LogP contribution in [0.3, 0.4) is 0 Å². The molecule has 4 aromatic rings. The van der Waals surface area contributed by atoms with E-state index in [2.05, 4.69) is 30.2 Å². The fourth-order valence-corrected chi connectivity index (χ4v) is 3.84. The predicted molar refractivity (Wildman–Crippen MR) is 118 cm³/mol. The topological polar surface area (TPSA) is 150 Å². The number of aryl methyl sites for hydroxylation is 1. The quantitative estimate of drug-likeness (QED) is 0.353. The number of H-pyrrole nitrogens is 1. The van der Waals surface area contributed by atoms with E-state index in [-0.39, 0.29) is 22.3 Å². The largest absolute Gasteiger partial charge is 0.507 e. The molecule has 1 amide bonds. The zero-order valence-corrected chi connectivity index (χ0v) is 17.6. The van der Waals surface area contributed by atoms with Crippen LogP contribution in [0.25, 0.3) is 11.3 Å². The standard InChI is InChI=1S/C21H18N6O4S/c1-13-3-8-16(19(28)11-13)17-12-18(26-25-17)20(29)24-14-4-6-15(7-5-14)32(30,31)27-21-22-9-2-10-23-21/h2-12,28H,1H3,(H,24,29)(H,25,26)(H,22,23,27). The average Bonchev–Trinajstić information content (AvgIpc) is 3.25. The summed E-state index contributed by atoms with van der Waals surface area (Å²) in [4.78, 5) is 20.2. The minimum Gasteiger partial charge on any atom is -0.507 e. The van der Waals surface area contributed by atoms with Crippen LogP contribution < -0.4 is 10.0 Å². The van der Waals surface area contributed by atoms with Gasteiger partial charge in [0, 0.05) is 23.6 Å². The molecule has 0 bridgehead atoms. The Hall–Kier alpha value is -4.25. The van der Waals surface area contributed by atoms with Gasteiger partial charge in [-0.3, -0.25) is 9.89 Å². The third-order valence-electron chi connectivity index (χ3n) is 4.47. The third-order valence-corrected chi connectivity index (χ3v) is 5.81. The maximum Gasteiger partial charge on any atom is 0.273 e. The highest BCUT2D eigenvalue weighted by atomic mass is 32.2. The lowest BCUT2D eigenvalue weighted by molar-refractivity contribution is 0.102. The van der Waals surface area contributed by atoms with Gasteiger partial charge in [0.15, 0.2) is 0 Å². The molecule has 0 saturated heterocycles. The molecule has 0 spiro atoms. The van der Waals surface area contributed by atoms with Gasteiger partial charge in [0.1, 0.15) is 11.4 Å². The highest BCUT2D eigenvalue weighted by Crippen LogP contribution is 2.29. The molecule has 4 rings (SSSR count). The van der Waals surface area contributed by atoms with Crippen molar-refractivity contribution >= 4 is 27.6 Å². The maximum absolute atomic E-state index is 12.5. The van der Waals surface area contributed by atoms with E-state index in [4.69, 9.17) is 0 Å². The second kappa shape index (κ2) is 8.47. The fourth-order valence-electron chi connectivity index (χ4n) is 2.88. The van der Waals surface area contributed by atoms with Crippen LogP contribution in [0.5, 0.6) is 5.75 Å². The Balaban J connectivity index is 1.46. The summed E-state index contributed by atoms with van der Waals surface area (Å²) in [6.45, 7) is 1.86. The normalized spacial score (nSPS) is 11.2. The molecule has 0 atom stereocenters. The van der Waals surface area contributed by atoms with Gasteiger partial charge in [-0.2, -0.15) is 5.10 Å². The SMILES string of the molecule is Cc1ccc(-c2cc(C(=O)Nc3ccc(S(=O)(=O)Nc4ncccn4)cc3)[nH]n2)c(O)c1. The molecule has 0 fully saturated rings. The maximum atomic E-state index is 12.5. The molecule has 10 nitrogen and oxygen atoms in total. The molecule has 2 heterocycles. The first-order valence-electron chi connectivity index (χ1n) is 9.38. The first-order chi connectivity index (χ1) is 15.3. The Kier molecular flexibility index (Phi) is 5.56. The number of rotatable bonds is 6. The minimum atomic E-state index is -3.87. The van der Waals surface area contributed by atoms with E-state index in [9.17, 15) is 18.3 Å². The second-order valence-corrected chi connectivity index (χ2v) is 8.53. The monoisotopic (exact) mass is 450 g/mol. The summed E-state index contributed by atoms with van der Waals surface area (Å²) in [6, 6.07) is 13.9. The van der Waals surface area contributed by atoms with Gasteiger partial charge in [-0.05, 0) is 61.0 Å². The number of aromatic hydroxyl groups is 1. The molecule has 0 aliphatic rings. The van der Waals surface area contributed by atoms with Crippen molar-refractivity contribution in [2.75, 3.05) is 10.0 Å². The number of carbonyl (C=O) groups excluding carboxylic acids is 1. The van der Waals surface area contributed by atoms with Crippen LogP contribution >= 0.6 is 0 Å². The Labute approximate surface area is 183 Å². The van der Waals surface area contributed by atoms with E-state index in [1.54, 1.807) is 18.2 Å². The van der Waals surface area contributed by atoms with Crippen molar-refractivity contribution in [1.29, 1.82) is 0 Å². The Bertz CT molecular complexity index is 1370.